The zero-order valence-electron chi connectivity index (χ0n) is 15.2. The van der Waals surface area contributed by atoms with Crippen molar-refractivity contribution in [2.24, 2.45) is 0 Å². The number of aliphatic hydroxyl groups excluding tert-OH is 1. The number of hydrogen-bond acceptors (Lipinski definition) is 4. The number of rotatable bonds is 4. The van der Waals surface area contributed by atoms with Crippen molar-refractivity contribution < 1.29 is 5.11 Å². The van der Waals surface area contributed by atoms with Gasteiger partial charge in [-0.3, -0.25) is 4.90 Å². The molecule has 2 aromatic rings. The number of nitrogens with zero attached hydrogens (tertiary/aromatic N) is 2. The summed E-state index contributed by atoms with van der Waals surface area (Å²) in [6, 6.07) is 12.4. The summed E-state index contributed by atoms with van der Waals surface area (Å²) in [5, 5.41) is 14.8. The topological polar surface area (TPSA) is 38.7 Å². The first kappa shape index (κ1) is 17.7. The molecule has 1 saturated heterocycles. The van der Waals surface area contributed by atoms with E-state index in [4.69, 9.17) is 11.6 Å². The molecule has 0 spiro atoms. The highest BCUT2D eigenvalue weighted by atomic mass is 35.5. The van der Waals surface area contributed by atoms with E-state index in [0.29, 0.717) is 6.54 Å². The zero-order valence-corrected chi connectivity index (χ0v) is 16.0. The highest BCUT2D eigenvalue weighted by Gasteiger charge is 2.22. The lowest BCUT2D eigenvalue weighted by molar-refractivity contribution is 0.109. The molecule has 2 aromatic carbocycles. The van der Waals surface area contributed by atoms with Crippen molar-refractivity contribution in [1.29, 1.82) is 0 Å². The fraction of sp³-hybridized carbons (Fsp3) is 0.429. The number of β-amino-alcohol motifs (C(OH)–C–C–N with tert-alkyl or cyclic N) is 1. The summed E-state index contributed by atoms with van der Waals surface area (Å²) in [6.45, 7) is 7.65. The molecule has 4 nitrogen and oxygen atoms in total. The summed E-state index contributed by atoms with van der Waals surface area (Å²) in [5.74, 6) is 0. The van der Waals surface area contributed by atoms with Crippen LogP contribution in [-0.4, -0.2) is 49.3 Å². The second-order valence-corrected chi connectivity index (χ2v) is 7.76. The molecule has 1 atom stereocenters. The summed E-state index contributed by atoms with van der Waals surface area (Å²) in [7, 11) is 0. The molecule has 0 bridgehead atoms. The maximum atomic E-state index is 10.7. The Bertz CT molecular complexity index is 787. The lowest BCUT2D eigenvalue weighted by Gasteiger charge is -2.37. The Kier molecular flexibility index (Phi) is 5.07. The van der Waals surface area contributed by atoms with Crippen molar-refractivity contribution in [3.63, 3.8) is 0 Å². The monoisotopic (exact) mass is 371 g/mol. The largest absolute Gasteiger partial charge is 0.387 e. The van der Waals surface area contributed by atoms with Gasteiger partial charge in [0.15, 0.2) is 0 Å². The average Bonchev–Trinajstić information content (AvgIpc) is 3.12. The Morgan fingerprint density at radius 3 is 2.73 bits per heavy atom. The zero-order chi connectivity index (χ0) is 18.1. The molecule has 138 valence electrons. The predicted molar refractivity (Wildman–Crippen MR) is 108 cm³/mol. The van der Waals surface area contributed by atoms with E-state index >= 15 is 0 Å². The maximum absolute atomic E-state index is 10.7. The normalized spacial score (nSPS) is 18.5. The molecule has 0 amide bonds. The van der Waals surface area contributed by atoms with Crippen LogP contribution in [0.3, 0.4) is 0 Å². The standard InChI is InChI=1S/C21H26ClN3O/c1-15-2-4-18(22)13-20(15)25-10-8-24(9-11-25)14-21(26)17-3-5-19-16(12-17)6-7-23-19/h2-5,12-13,21,23,26H,6-11,14H2,1H3. The molecule has 0 aliphatic carbocycles. The molecular weight excluding hydrogens is 346 g/mol. The van der Waals surface area contributed by atoms with Crippen LogP contribution < -0.4 is 10.2 Å². The van der Waals surface area contributed by atoms with Gasteiger partial charge in [-0.1, -0.05) is 29.8 Å². The number of nitrogens with one attached hydrogen (secondary N) is 1. The van der Waals surface area contributed by atoms with Crippen LogP contribution in [0.25, 0.3) is 0 Å². The molecule has 0 saturated carbocycles. The molecule has 1 fully saturated rings. The molecule has 4 rings (SSSR count). The third-order valence-electron chi connectivity index (χ3n) is 5.54. The summed E-state index contributed by atoms with van der Waals surface area (Å²) in [6.07, 6.45) is 0.619. The van der Waals surface area contributed by atoms with E-state index < -0.39 is 6.10 Å². The van der Waals surface area contributed by atoms with Gasteiger partial charge in [-0.05, 0) is 48.2 Å². The van der Waals surface area contributed by atoms with Crippen molar-refractivity contribution in [1.82, 2.24) is 4.90 Å². The molecule has 2 aliphatic rings. The molecule has 5 heteroatoms. The van der Waals surface area contributed by atoms with Gasteiger partial charge in [0.2, 0.25) is 0 Å². The van der Waals surface area contributed by atoms with Crippen LogP contribution in [-0.2, 0) is 6.42 Å². The minimum Gasteiger partial charge on any atom is -0.387 e. The summed E-state index contributed by atoms with van der Waals surface area (Å²) >= 11 is 6.17. The van der Waals surface area contributed by atoms with Crippen LogP contribution in [0.5, 0.6) is 0 Å². The van der Waals surface area contributed by atoms with Gasteiger partial charge in [0, 0.05) is 55.7 Å². The highest BCUT2D eigenvalue weighted by molar-refractivity contribution is 6.30. The van der Waals surface area contributed by atoms with Gasteiger partial charge in [0.05, 0.1) is 6.10 Å². The second-order valence-electron chi connectivity index (χ2n) is 7.33. The molecule has 1 unspecified atom stereocenters. The first-order valence-electron chi connectivity index (χ1n) is 9.38. The fourth-order valence-corrected chi connectivity index (χ4v) is 4.14. The van der Waals surface area contributed by atoms with E-state index in [1.54, 1.807) is 0 Å². The maximum Gasteiger partial charge on any atom is 0.0917 e. The molecular formula is C21H26ClN3O. The number of aryl methyl sites for hydroxylation is 1. The van der Waals surface area contributed by atoms with Crippen LogP contribution in [0, 0.1) is 6.92 Å². The molecule has 2 N–H and O–H groups in total. The summed E-state index contributed by atoms with van der Waals surface area (Å²) in [5.41, 5.74) is 6.05. The van der Waals surface area contributed by atoms with Gasteiger partial charge >= 0.3 is 0 Å². The van der Waals surface area contributed by atoms with Crippen LogP contribution >= 0.6 is 11.6 Å². The minimum absolute atomic E-state index is 0.430. The molecule has 0 aromatic heterocycles. The van der Waals surface area contributed by atoms with Crippen molar-refractivity contribution >= 4 is 23.0 Å². The van der Waals surface area contributed by atoms with E-state index in [1.807, 2.05) is 12.1 Å². The number of aliphatic hydroxyl groups is 1. The van der Waals surface area contributed by atoms with E-state index in [9.17, 15) is 5.11 Å². The molecule has 26 heavy (non-hydrogen) atoms. The summed E-state index contributed by atoms with van der Waals surface area (Å²) < 4.78 is 0. The van der Waals surface area contributed by atoms with Crippen molar-refractivity contribution in [2.45, 2.75) is 19.4 Å². The van der Waals surface area contributed by atoms with Gasteiger partial charge in [-0.15, -0.1) is 0 Å². The molecule has 0 radical (unpaired) electrons. The van der Waals surface area contributed by atoms with E-state index in [-0.39, 0.29) is 0 Å². The highest BCUT2D eigenvalue weighted by Crippen LogP contribution is 2.28. The number of piperazine rings is 1. The van der Waals surface area contributed by atoms with E-state index in [1.165, 1.54) is 22.5 Å². The summed E-state index contributed by atoms with van der Waals surface area (Å²) in [4.78, 5) is 4.75. The van der Waals surface area contributed by atoms with Crippen LogP contribution in [0.2, 0.25) is 5.02 Å². The Morgan fingerprint density at radius 1 is 1.12 bits per heavy atom. The third-order valence-corrected chi connectivity index (χ3v) is 5.77. The van der Waals surface area contributed by atoms with Crippen molar-refractivity contribution in [3.8, 4) is 0 Å². The van der Waals surface area contributed by atoms with Crippen molar-refractivity contribution in [3.05, 3.63) is 58.1 Å². The smallest absolute Gasteiger partial charge is 0.0917 e. The van der Waals surface area contributed by atoms with Gasteiger partial charge in [-0.25, -0.2) is 0 Å². The van der Waals surface area contributed by atoms with Crippen LogP contribution in [0.1, 0.15) is 22.8 Å². The van der Waals surface area contributed by atoms with Gasteiger partial charge in [0.25, 0.3) is 0 Å². The van der Waals surface area contributed by atoms with E-state index in [0.717, 1.165) is 49.7 Å². The minimum atomic E-state index is -0.430. The predicted octanol–water partition coefficient (Wildman–Crippen LogP) is 3.47. The first-order chi connectivity index (χ1) is 12.6. The number of hydrogen-bond donors (Lipinski definition) is 2. The van der Waals surface area contributed by atoms with Crippen LogP contribution in [0.15, 0.2) is 36.4 Å². The van der Waals surface area contributed by atoms with Gasteiger partial charge in [0.1, 0.15) is 0 Å². The lowest BCUT2D eigenvalue weighted by atomic mass is 10.0. The molecule has 2 heterocycles. The Labute approximate surface area is 160 Å². The van der Waals surface area contributed by atoms with Crippen LogP contribution in [0.4, 0.5) is 11.4 Å². The third kappa shape index (κ3) is 3.68. The quantitative estimate of drug-likeness (QED) is 0.863. The van der Waals surface area contributed by atoms with Gasteiger partial charge < -0.3 is 15.3 Å². The molecule has 2 aliphatic heterocycles. The number of halogens is 1. The average molecular weight is 372 g/mol. The van der Waals surface area contributed by atoms with Gasteiger partial charge in [-0.2, -0.15) is 0 Å². The fourth-order valence-electron chi connectivity index (χ4n) is 3.98. The van der Waals surface area contributed by atoms with Crippen molar-refractivity contribution in [2.75, 3.05) is 49.5 Å². The Balaban J connectivity index is 1.35. The first-order valence-corrected chi connectivity index (χ1v) is 9.76. The van der Waals surface area contributed by atoms with E-state index in [2.05, 4.69) is 46.3 Å². The lowest BCUT2D eigenvalue weighted by Crippen LogP contribution is -2.47. The Morgan fingerprint density at radius 2 is 1.92 bits per heavy atom. The number of anilines is 2. The second kappa shape index (κ2) is 7.47. The Hall–Kier alpha value is -1.75. The SMILES string of the molecule is Cc1ccc(Cl)cc1N1CCN(CC(O)c2ccc3c(c2)CCN3)CC1. The number of fused-ring (bicyclic) bond motifs is 1. The number of benzene rings is 2.